The van der Waals surface area contributed by atoms with Crippen LogP contribution in [0, 0.1) is 11.8 Å². The minimum atomic E-state index is 0.373. The Morgan fingerprint density at radius 1 is 1.41 bits per heavy atom. The molecule has 3 atom stereocenters. The molecule has 1 saturated heterocycles. The maximum Gasteiger partial charge on any atom is 0.157 e. The number of thioether (sulfide) groups is 1. The normalized spacial score (nSPS) is 37.7. The van der Waals surface area contributed by atoms with Gasteiger partial charge in [-0.05, 0) is 31.6 Å². The minimum absolute atomic E-state index is 0.373. The van der Waals surface area contributed by atoms with Gasteiger partial charge in [-0.2, -0.15) is 0 Å². The van der Waals surface area contributed by atoms with Gasteiger partial charge in [0.25, 0.3) is 0 Å². The molecule has 1 spiro atoms. The first-order valence-corrected chi connectivity index (χ1v) is 7.98. The predicted molar refractivity (Wildman–Crippen MR) is 77.7 cm³/mol. The molecule has 1 heterocycles. The first kappa shape index (κ1) is 13.3. The van der Waals surface area contributed by atoms with Crippen LogP contribution in [0.2, 0.25) is 0 Å². The molecule has 2 nitrogen and oxygen atoms in total. The summed E-state index contributed by atoms with van der Waals surface area (Å²) in [5.74, 6) is 2.73. The minimum Gasteiger partial charge on any atom is -0.359 e. The van der Waals surface area contributed by atoms with E-state index in [0.717, 1.165) is 5.92 Å². The fraction of sp³-hybridized carbons (Fsp3) is 0.929. The van der Waals surface area contributed by atoms with Gasteiger partial charge >= 0.3 is 0 Å². The SMILES string of the molecule is CC1CCCC2(CSC(=NC(C)C(C)C)N2)C1. The molecule has 1 N–H and O–H groups in total. The zero-order valence-corrected chi connectivity index (χ0v) is 12.4. The Kier molecular flexibility index (Phi) is 4.06. The van der Waals surface area contributed by atoms with Gasteiger partial charge in [0.1, 0.15) is 0 Å². The molecule has 3 unspecified atom stereocenters. The van der Waals surface area contributed by atoms with E-state index in [1.165, 1.54) is 36.6 Å². The van der Waals surface area contributed by atoms with Gasteiger partial charge in [0, 0.05) is 11.3 Å². The molecule has 0 aromatic rings. The van der Waals surface area contributed by atoms with Crippen LogP contribution in [-0.4, -0.2) is 22.5 Å². The lowest BCUT2D eigenvalue weighted by Gasteiger charge is -2.36. The van der Waals surface area contributed by atoms with Crippen molar-refractivity contribution in [3.8, 4) is 0 Å². The first-order chi connectivity index (χ1) is 8.01. The van der Waals surface area contributed by atoms with Gasteiger partial charge in [0.2, 0.25) is 0 Å². The van der Waals surface area contributed by atoms with Crippen LogP contribution in [0.3, 0.4) is 0 Å². The lowest BCUT2D eigenvalue weighted by molar-refractivity contribution is 0.242. The van der Waals surface area contributed by atoms with E-state index in [-0.39, 0.29) is 0 Å². The van der Waals surface area contributed by atoms with Gasteiger partial charge in [0.05, 0.1) is 6.04 Å². The number of amidine groups is 1. The number of hydrogen-bond donors (Lipinski definition) is 1. The highest BCUT2D eigenvalue weighted by molar-refractivity contribution is 8.14. The summed E-state index contributed by atoms with van der Waals surface area (Å²) in [5, 5.41) is 4.93. The van der Waals surface area contributed by atoms with Gasteiger partial charge in [-0.25, -0.2) is 0 Å². The molecule has 0 amide bonds. The predicted octanol–water partition coefficient (Wildman–Crippen LogP) is 3.67. The van der Waals surface area contributed by atoms with Crippen LogP contribution in [0.5, 0.6) is 0 Å². The van der Waals surface area contributed by atoms with E-state index in [2.05, 4.69) is 33.0 Å². The van der Waals surface area contributed by atoms with Crippen molar-refractivity contribution in [1.29, 1.82) is 0 Å². The van der Waals surface area contributed by atoms with Crippen LogP contribution >= 0.6 is 11.8 Å². The summed E-state index contributed by atoms with van der Waals surface area (Å²) < 4.78 is 0. The Balaban J connectivity index is 1.99. The molecule has 0 bridgehead atoms. The molecule has 0 radical (unpaired) electrons. The molecule has 3 heteroatoms. The zero-order valence-electron chi connectivity index (χ0n) is 11.6. The molecular weight excluding hydrogens is 228 g/mol. The summed E-state index contributed by atoms with van der Waals surface area (Å²) in [7, 11) is 0. The maximum atomic E-state index is 4.82. The van der Waals surface area contributed by atoms with Crippen LogP contribution in [0.15, 0.2) is 4.99 Å². The maximum absolute atomic E-state index is 4.82. The Morgan fingerprint density at radius 2 is 2.18 bits per heavy atom. The summed E-state index contributed by atoms with van der Waals surface area (Å²) in [6.07, 6.45) is 5.44. The lowest BCUT2D eigenvalue weighted by atomic mass is 9.78. The van der Waals surface area contributed by atoms with Crippen molar-refractivity contribution in [2.24, 2.45) is 16.8 Å². The standard InChI is InChI=1S/C14H26N2S/c1-10(2)12(4)15-13-16-14(9-17-13)7-5-6-11(3)8-14/h10-12H,5-9H2,1-4H3,(H,15,16). The Labute approximate surface area is 110 Å². The second kappa shape index (κ2) is 5.21. The molecule has 17 heavy (non-hydrogen) atoms. The quantitative estimate of drug-likeness (QED) is 0.813. The van der Waals surface area contributed by atoms with Crippen molar-refractivity contribution in [2.75, 3.05) is 5.75 Å². The van der Waals surface area contributed by atoms with Crippen molar-refractivity contribution in [3.05, 3.63) is 0 Å². The van der Waals surface area contributed by atoms with Gasteiger partial charge in [-0.15, -0.1) is 0 Å². The molecule has 2 fully saturated rings. The molecular formula is C14H26N2S. The molecule has 2 aliphatic rings. The van der Waals surface area contributed by atoms with Gasteiger partial charge in [-0.1, -0.05) is 45.4 Å². The highest BCUT2D eigenvalue weighted by atomic mass is 32.2. The fourth-order valence-electron chi connectivity index (χ4n) is 2.81. The summed E-state index contributed by atoms with van der Waals surface area (Å²) >= 11 is 1.93. The second-order valence-electron chi connectivity index (χ2n) is 6.31. The number of hydrogen-bond acceptors (Lipinski definition) is 2. The summed E-state index contributed by atoms with van der Waals surface area (Å²) in [6, 6.07) is 0.432. The monoisotopic (exact) mass is 254 g/mol. The third-order valence-electron chi connectivity index (χ3n) is 4.23. The van der Waals surface area contributed by atoms with E-state index in [4.69, 9.17) is 4.99 Å². The van der Waals surface area contributed by atoms with E-state index in [0.29, 0.717) is 17.5 Å². The van der Waals surface area contributed by atoms with E-state index in [1.54, 1.807) is 0 Å². The summed E-state index contributed by atoms with van der Waals surface area (Å²) in [5.41, 5.74) is 0.373. The first-order valence-electron chi connectivity index (χ1n) is 6.99. The molecule has 1 aliphatic carbocycles. The number of rotatable bonds is 2. The van der Waals surface area contributed by atoms with Gasteiger partial charge < -0.3 is 5.32 Å². The van der Waals surface area contributed by atoms with Crippen molar-refractivity contribution in [2.45, 2.75) is 65.0 Å². The molecule has 1 saturated carbocycles. The molecule has 0 aromatic carbocycles. The topological polar surface area (TPSA) is 24.4 Å². The fourth-order valence-corrected chi connectivity index (χ4v) is 4.09. The Bertz CT molecular complexity index is 301. The van der Waals surface area contributed by atoms with Crippen molar-refractivity contribution >= 4 is 16.9 Å². The molecule has 0 aromatic heterocycles. The highest BCUT2D eigenvalue weighted by Crippen LogP contribution is 2.38. The van der Waals surface area contributed by atoms with Crippen LogP contribution in [0.4, 0.5) is 0 Å². The van der Waals surface area contributed by atoms with Crippen molar-refractivity contribution in [3.63, 3.8) is 0 Å². The Hall–Kier alpha value is -0.180. The average molecular weight is 254 g/mol. The zero-order chi connectivity index (χ0) is 12.5. The second-order valence-corrected chi connectivity index (χ2v) is 7.28. The third-order valence-corrected chi connectivity index (χ3v) is 5.41. The van der Waals surface area contributed by atoms with Crippen molar-refractivity contribution in [1.82, 2.24) is 5.32 Å². The lowest BCUT2D eigenvalue weighted by Crippen LogP contribution is -2.47. The van der Waals surface area contributed by atoms with Gasteiger partial charge in [-0.3, -0.25) is 4.99 Å². The average Bonchev–Trinajstić information content (AvgIpc) is 2.60. The number of nitrogens with zero attached hydrogens (tertiary/aromatic N) is 1. The largest absolute Gasteiger partial charge is 0.359 e. The molecule has 1 aliphatic heterocycles. The summed E-state index contributed by atoms with van der Waals surface area (Å²) in [6.45, 7) is 9.09. The van der Waals surface area contributed by atoms with Crippen LogP contribution in [0.1, 0.15) is 53.4 Å². The smallest absolute Gasteiger partial charge is 0.157 e. The summed E-state index contributed by atoms with van der Waals surface area (Å²) in [4.78, 5) is 4.82. The molecule has 98 valence electrons. The van der Waals surface area contributed by atoms with Crippen LogP contribution < -0.4 is 5.32 Å². The third kappa shape index (κ3) is 3.18. The van der Waals surface area contributed by atoms with E-state index in [9.17, 15) is 0 Å². The number of nitrogens with one attached hydrogen (secondary N) is 1. The van der Waals surface area contributed by atoms with E-state index in [1.807, 2.05) is 11.8 Å². The number of aliphatic imine (C=N–C) groups is 1. The van der Waals surface area contributed by atoms with Crippen molar-refractivity contribution < 1.29 is 0 Å². The molecule has 2 rings (SSSR count). The Morgan fingerprint density at radius 3 is 2.82 bits per heavy atom. The van der Waals surface area contributed by atoms with Gasteiger partial charge in [0.15, 0.2) is 5.17 Å². The highest BCUT2D eigenvalue weighted by Gasteiger charge is 2.40. The van der Waals surface area contributed by atoms with E-state index >= 15 is 0 Å². The van der Waals surface area contributed by atoms with Crippen LogP contribution in [0.25, 0.3) is 0 Å². The van der Waals surface area contributed by atoms with E-state index < -0.39 is 0 Å². The van der Waals surface area contributed by atoms with Crippen LogP contribution in [-0.2, 0) is 0 Å².